The number of hydrogen-bond acceptors (Lipinski definition) is 5. The fourth-order valence-corrected chi connectivity index (χ4v) is 1.53. The van der Waals surface area contributed by atoms with Gasteiger partial charge in [0, 0.05) is 0 Å². The number of nitrogens with two attached hydrogens (primary N) is 1. The molecule has 0 heterocycles. The van der Waals surface area contributed by atoms with E-state index in [4.69, 9.17) is 30.3 Å². The molecule has 0 amide bonds. The van der Waals surface area contributed by atoms with E-state index in [1.807, 2.05) is 45.0 Å². The second kappa shape index (κ2) is 9.58. The van der Waals surface area contributed by atoms with Crippen LogP contribution in [0.3, 0.4) is 0 Å². The van der Waals surface area contributed by atoms with Crippen molar-refractivity contribution in [2.45, 2.75) is 39.2 Å². The first-order chi connectivity index (χ1) is 10.5. The molecule has 0 radical (unpaired) electrons. The van der Waals surface area contributed by atoms with Gasteiger partial charge in [-0.15, -0.1) is 0 Å². The second-order valence-corrected chi connectivity index (χ2v) is 5.73. The quantitative estimate of drug-likeness (QED) is 0.561. The predicted octanol–water partition coefficient (Wildman–Crippen LogP) is 1.23. The van der Waals surface area contributed by atoms with E-state index in [9.17, 15) is 4.79 Å². The van der Waals surface area contributed by atoms with E-state index in [0.29, 0.717) is 13.0 Å². The van der Waals surface area contributed by atoms with Crippen molar-refractivity contribution in [1.29, 1.82) is 0 Å². The van der Waals surface area contributed by atoms with E-state index >= 15 is 0 Å². The van der Waals surface area contributed by atoms with Gasteiger partial charge >= 0.3 is 17.9 Å². The number of aliphatic carboxylic acids is 2. The zero-order chi connectivity index (χ0) is 18.0. The summed E-state index contributed by atoms with van der Waals surface area (Å²) in [6.07, 6.45) is 1.19. The average molecular weight is 325 g/mol. The van der Waals surface area contributed by atoms with E-state index < -0.39 is 17.5 Å². The molecule has 0 saturated heterocycles. The molecule has 0 atom stereocenters. The van der Waals surface area contributed by atoms with Crippen LogP contribution in [0, 0.1) is 0 Å². The summed E-state index contributed by atoms with van der Waals surface area (Å²) in [4.78, 5) is 29.8. The summed E-state index contributed by atoms with van der Waals surface area (Å²) >= 11 is 0. The Morgan fingerprint density at radius 1 is 1.00 bits per heavy atom. The lowest BCUT2D eigenvalue weighted by molar-refractivity contribution is -0.159. The van der Waals surface area contributed by atoms with Crippen LogP contribution in [0.4, 0.5) is 0 Å². The van der Waals surface area contributed by atoms with Gasteiger partial charge in [-0.1, -0.05) is 24.3 Å². The van der Waals surface area contributed by atoms with Crippen LogP contribution in [0.25, 0.3) is 0 Å². The predicted molar refractivity (Wildman–Crippen MR) is 84.0 cm³/mol. The maximum atomic E-state index is 11.6. The van der Waals surface area contributed by atoms with Crippen LogP contribution in [0.15, 0.2) is 24.3 Å². The molecule has 4 N–H and O–H groups in total. The van der Waals surface area contributed by atoms with Crippen molar-refractivity contribution >= 4 is 17.9 Å². The number of ether oxygens (including phenoxy) is 1. The molecule has 7 nitrogen and oxygen atoms in total. The van der Waals surface area contributed by atoms with Gasteiger partial charge in [-0.05, 0) is 44.9 Å². The molecular formula is C16H23NO6. The third kappa shape index (κ3) is 10.9. The number of benzene rings is 1. The number of carboxylic acid groups (broad SMARTS) is 2. The Balaban J connectivity index is 0.000000688. The summed E-state index contributed by atoms with van der Waals surface area (Å²) in [7, 11) is 0. The van der Waals surface area contributed by atoms with Crippen LogP contribution in [-0.2, 0) is 32.0 Å². The molecule has 0 aromatic heterocycles. The minimum Gasteiger partial charge on any atom is -0.473 e. The van der Waals surface area contributed by atoms with Crippen LogP contribution >= 0.6 is 0 Å². The van der Waals surface area contributed by atoms with Crippen molar-refractivity contribution in [3.63, 3.8) is 0 Å². The highest BCUT2D eigenvalue weighted by molar-refractivity contribution is 6.27. The van der Waals surface area contributed by atoms with Gasteiger partial charge in [-0.3, -0.25) is 4.79 Å². The minimum absolute atomic E-state index is 0.191. The normalized spacial score (nSPS) is 10.3. The van der Waals surface area contributed by atoms with Crippen LogP contribution in [0.1, 0.15) is 31.9 Å². The van der Waals surface area contributed by atoms with Crippen LogP contribution in [-0.4, -0.2) is 40.3 Å². The Hall–Kier alpha value is -2.41. The number of hydrogen-bond donors (Lipinski definition) is 3. The first kappa shape index (κ1) is 20.6. The third-order valence-corrected chi connectivity index (χ3v) is 2.41. The summed E-state index contributed by atoms with van der Waals surface area (Å²) in [5, 5.41) is 14.8. The molecule has 0 saturated carbocycles. The molecule has 1 aromatic carbocycles. The summed E-state index contributed by atoms with van der Waals surface area (Å²) < 4.78 is 5.26. The van der Waals surface area contributed by atoms with Crippen LogP contribution in [0.5, 0.6) is 0 Å². The van der Waals surface area contributed by atoms with E-state index in [1.165, 1.54) is 5.56 Å². The topological polar surface area (TPSA) is 127 Å². The molecule has 0 aliphatic heterocycles. The van der Waals surface area contributed by atoms with Gasteiger partial charge in [-0.25, -0.2) is 9.59 Å². The summed E-state index contributed by atoms with van der Waals surface area (Å²) in [6.45, 7) is 6.26. The lowest BCUT2D eigenvalue weighted by Crippen LogP contribution is -2.24. The molecule has 0 unspecified atom stereocenters. The maximum Gasteiger partial charge on any atom is 0.414 e. The smallest absolute Gasteiger partial charge is 0.414 e. The Morgan fingerprint density at radius 3 is 1.78 bits per heavy atom. The Labute approximate surface area is 135 Å². The van der Waals surface area contributed by atoms with E-state index in [-0.39, 0.29) is 5.97 Å². The van der Waals surface area contributed by atoms with Crippen LogP contribution < -0.4 is 5.73 Å². The highest BCUT2D eigenvalue weighted by Gasteiger charge is 2.16. The molecule has 7 heteroatoms. The molecule has 1 rings (SSSR count). The molecule has 23 heavy (non-hydrogen) atoms. The number of carboxylic acids is 2. The standard InChI is InChI=1S/C14H21NO2.C2H2O4/c1-14(2,3)17-13(16)10-12-6-4-11(5-7-12)8-9-15;3-1(4)2(5)6/h4-7H,8-10,15H2,1-3H3;(H,3,4)(H,5,6). The van der Waals surface area contributed by atoms with Crippen molar-refractivity contribution < 1.29 is 29.3 Å². The van der Waals surface area contributed by atoms with Crippen molar-refractivity contribution in [3.05, 3.63) is 35.4 Å². The number of carbonyl (C=O) groups is 3. The zero-order valence-electron chi connectivity index (χ0n) is 13.5. The van der Waals surface area contributed by atoms with Crippen molar-refractivity contribution in [2.75, 3.05) is 6.54 Å². The van der Waals surface area contributed by atoms with Crippen LogP contribution in [0.2, 0.25) is 0 Å². The molecule has 128 valence electrons. The van der Waals surface area contributed by atoms with Gasteiger partial charge in [0.15, 0.2) is 0 Å². The van der Waals surface area contributed by atoms with Gasteiger partial charge in [-0.2, -0.15) is 0 Å². The zero-order valence-corrected chi connectivity index (χ0v) is 13.5. The molecule has 0 aliphatic carbocycles. The van der Waals surface area contributed by atoms with Gasteiger partial charge in [0.25, 0.3) is 0 Å². The summed E-state index contributed by atoms with van der Waals surface area (Å²) in [6, 6.07) is 7.92. The van der Waals surface area contributed by atoms with E-state index in [0.717, 1.165) is 12.0 Å². The van der Waals surface area contributed by atoms with Gasteiger partial charge in [0.2, 0.25) is 0 Å². The van der Waals surface area contributed by atoms with Crippen molar-refractivity contribution in [3.8, 4) is 0 Å². The first-order valence-electron chi connectivity index (χ1n) is 7.01. The summed E-state index contributed by atoms with van der Waals surface area (Å²) in [5.74, 6) is -3.84. The number of carbonyl (C=O) groups excluding carboxylic acids is 1. The third-order valence-electron chi connectivity index (χ3n) is 2.41. The van der Waals surface area contributed by atoms with E-state index in [1.54, 1.807) is 0 Å². The fraction of sp³-hybridized carbons (Fsp3) is 0.438. The lowest BCUT2D eigenvalue weighted by Gasteiger charge is -2.19. The van der Waals surface area contributed by atoms with Gasteiger partial charge in [0.1, 0.15) is 5.60 Å². The lowest BCUT2D eigenvalue weighted by atomic mass is 10.1. The molecule has 0 fully saturated rings. The molecular weight excluding hydrogens is 302 g/mol. The molecule has 1 aromatic rings. The number of esters is 1. The largest absolute Gasteiger partial charge is 0.473 e. The Bertz CT molecular complexity index is 518. The Kier molecular flexibility index (Phi) is 8.57. The monoisotopic (exact) mass is 325 g/mol. The Morgan fingerprint density at radius 2 is 1.43 bits per heavy atom. The van der Waals surface area contributed by atoms with Gasteiger partial charge in [0.05, 0.1) is 6.42 Å². The highest BCUT2D eigenvalue weighted by Crippen LogP contribution is 2.11. The molecule has 0 bridgehead atoms. The second-order valence-electron chi connectivity index (χ2n) is 5.73. The van der Waals surface area contributed by atoms with Gasteiger partial charge < -0.3 is 20.7 Å². The molecule has 0 aliphatic rings. The first-order valence-corrected chi connectivity index (χ1v) is 7.01. The van der Waals surface area contributed by atoms with Crippen molar-refractivity contribution in [2.24, 2.45) is 5.73 Å². The SMILES string of the molecule is CC(C)(C)OC(=O)Cc1ccc(CCN)cc1.O=C(O)C(=O)O. The van der Waals surface area contributed by atoms with Crippen molar-refractivity contribution in [1.82, 2.24) is 0 Å². The summed E-state index contributed by atoms with van der Waals surface area (Å²) in [5.41, 5.74) is 7.22. The minimum atomic E-state index is -1.82. The fourth-order valence-electron chi connectivity index (χ4n) is 1.53. The average Bonchev–Trinajstić information content (AvgIpc) is 2.39. The number of rotatable bonds is 4. The maximum absolute atomic E-state index is 11.6. The highest BCUT2D eigenvalue weighted by atomic mass is 16.6. The van der Waals surface area contributed by atoms with E-state index in [2.05, 4.69) is 0 Å². The molecule has 0 spiro atoms.